The van der Waals surface area contributed by atoms with E-state index in [9.17, 15) is 4.79 Å². The van der Waals surface area contributed by atoms with E-state index in [1.54, 1.807) is 48.0 Å². The zero-order valence-electron chi connectivity index (χ0n) is 15.1. The molecule has 0 saturated heterocycles. The summed E-state index contributed by atoms with van der Waals surface area (Å²) in [4.78, 5) is 12.7. The van der Waals surface area contributed by atoms with E-state index in [4.69, 9.17) is 23.2 Å². The highest BCUT2D eigenvalue weighted by Gasteiger charge is 2.18. The Hall–Kier alpha value is -2.96. The van der Waals surface area contributed by atoms with Gasteiger partial charge in [-0.25, -0.2) is 4.52 Å². The molecular formula is C20H15Cl2N5O. The topological polar surface area (TPSA) is 72.2 Å². The fourth-order valence-electron chi connectivity index (χ4n) is 2.91. The second-order valence-electron chi connectivity index (χ2n) is 6.35. The maximum atomic E-state index is 12.7. The summed E-state index contributed by atoms with van der Waals surface area (Å²) >= 11 is 12.0. The molecule has 1 amide bonds. The van der Waals surface area contributed by atoms with Crippen LogP contribution in [0.25, 0.3) is 16.8 Å². The normalized spacial score (nSPS) is 11.0. The maximum Gasteiger partial charge on any atom is 0.278 e. The Labute approximate surface area is 171 Å². The molecule has 2 aromatic heterocycles. The van der Waals surface area contributed by atoms with Crippen LogP contribution in [0.5, 0.6) is 0 Å². The van der Waals surface area contributed by atoms with Gasteiger partial charge in [0.25, 0.3) is 5.91 Å². The standard InChI is InChI=1S/C20H15Cl2N5O/c1-11-9-15(7-8-17(11)22)24-20(28)18-12(2)27-19(26-25-18)16(10-23-27)13-3-5-14(21)6-4-13/h3-10H,1-2H3,(H,24,28). The van der Waals surface area contributed by atoms with E-state index in [-0.39, 0.29) is 11.6 Å². The van der Waals surface area contributed by atoms with Crippen molar-refractivity contribution in [3.63, 3.8) is 0 Å². The van der Waals surface area contributed by atoms with Crippen molar-refractivity contribution in [2.75, 3.05) is 5.32 Å². The van der Waals surface area contributed by atoms with Crippen LogP contribution < -0.4 is 5.32 Å². The van der Waals surface area contributed by atoms with Gasteiger partial charge >= 0.3 is 0 Å². The van der Waals surface area contributed by atoms with E-state index in [0.717, 1.165) is 16.7 Å². The first kappa shape index (κ1) is 18.4. The molecule has 2 heterocycles. The predicted molar refractivity (Wildman–Crippen MR) is 110 cm³/mol. The van der Waals surface area contributed by atoms with Crippen molar-refractivity contribution in [2.45, 2.75) is 13.8 Å². The first-order valence-electron chi connectivity index (χ1n) is 8.48. The van der Waals surface area contributed by atoms with Gasteiger partial charge in [0, 0.05) is 21.3 Å². The molecule has 28 heavy (non-hydrogen) atoms. The van der Waals surface area contributed by atoms with Crippen LogP contribution in [0.2, 0.25) is 10.0 Å². The molecular weight excluding hydrogens is 397 g/mol. The summed E-state index contributed by atoms with van der Waals surface area (Å²) in [6.45, 7) is 3.65. The third-order valence-corrected chi connectivity index (χ3v) is 5.11. The predicted octanol–water partition coefficient (Wildman–Crippen LogP) is 4.97. The lowest BCUT2D eigenvalue weighted by atomic mass is 10.1. The van der Waals surface area contributed by atoms with Crippen LogP contribution in [-0.4, -0.2) is 25.7 Å². The molecule has 0 radical (unpaired) electrons. The first-order valence-corrected chi connectivity index (χ1v) is 9.24. The van der Waals surface area contributed by atoms with Crippen LogP contribution in [0.3, 0.4) is 0 Å². The number of nitrogens with one attached hydrogen (secondary N) is 1. The van der Waals surface area contributed by atoms with Crippen molar-refractivity contribution >= 4 is 40.4 Å². The van der Waals surface area contributed by atoms with Crippen molar-refractivity contribution in [2.24, 2.45) is 0 Å². The Morgan fingerprint density at radius 2 is 1.79 bits per heavy atom. The molecule has 4 rings (SSSR count). The van der Waals surface area contributed by atoms with E-state index in [1.807, 2.05) is 19.1 Å². The largest absolute Gasteiger partial charge is 0.321 e. The summed E-state index contributed by atoms with van der Waals surface area (Å²) in [6.07, 6.45) is 1.70. The molecule has 4 aromatic rings. The number of halogens is 2. The number of nitrogens with zero attached hydrogens (tertiary/aromatic N) is 4. The first-order chi connectivity index (χ1) is 13.4. The summed E-state index contributed by atoms with van der Waals surface area (Å²) in [5, 5.41) is 16.9. The van der Waals surface area contributed by atoms with Crippen LogP contribution in [-0.2, 0) is 0 Å². The third-order valence-electron chi connectivity index (χ3n) is 4.44. The van der Waals surface area contributed by atoms with E-state index < -0.39 is 0 Å². The van der Waals surface area contributed by atoms with Crippen molar-refractivity contribution in [3.8, 4) is 11.1 Å². The molecule has 8 heteroatoms. The Kier molecular flexibility index (Phi) is 4.75. The van der Waals surface area contributed by atoms with Gasteiger partial charge in [0.15, 0.2) is 11.3 Å². The summed E-state index contributed by atoms with van der Waals surface area (Å²) in [7, 11) is 0. The SMILES string of the molecule is Cc1cc(NC(=O)c2nnc3c(-c4ccc(Cl)cc4)cnn3c2C)ccc1Cl. The minimum absolute atomic E-state index is 0.200. The molecule has 1 N–H and O–H groups in total. The molecule has 0 unspecified atom stereocenters. The zero-order chi connectivity index (χ0) is 19.8. The molecule has 140 valence electrons. The van der Waals surface area contributed by atoms with Crippen molar-refractivity contribution in [3.05, 3.63) is 75.7 Å². The molecule has 0 bridgehead atoms. The fraction of sp³-hybridized carbons (Fsp3) is 0.100. The lowest BCUT2D eigenvalue weighted by Gasteiger charge is -2.09. The lowest BCUT2D eigenvalue weighted by Crippen LogP contribution is -2.18. The quantitative estimate of drug-likeness (QED) is 0.516. The number of carbonyl (C=O) groups excluding carboxylic acids is 1. The van der Waals surface area contributed by atoms with Crippen LogP contribution in [0.15, 0.2) is 48.7 Å². The van der Waals surface area contributed by atoms with Crippen molar-refractivity contribution in [1.82, 2.24) is 19.8 Å². The molecule has 0 fully saturated rings. The van der Waals surface area contributed by atoms with Crippen molar-refractivity contribution in [1.29, 1.82) is 0 Å². The molecule has 0 aliphatic rings. The summed E-state index contributed by atoms with van der Waals surface area (Å²) < 4.78 is 1.61. The Bertz CT molecular complexity index is 1200. The van der Waals surface area contributed by atoms with Gasteiger partial charge < -0.3 is 5.32 Å². The van der Waals surface area contributed by atoms with Crippen LogP contribution in [0.4, 0.5) is 5.69 Å². The number of aryl methyl sites for hydroxylation is 2. The van der Waals surface area contributed by atoms with Crippen LogP contribution in [0.1, 0.15) is 21.7 Å². The lowest BCUT2D eigenvalue weighted by molar-refractivity contribution is 0.102. The number of hydrogen-bond acceptors (Lipinski definition) is 4. The summed E-state index contributed by atoms with van der Waals surface area (Å²) in [6, 6.07) is 12.7. The van der Waals surface area contributed by atoms with Gasteiger partial charge in [-0.05, 0) is 55.3 Å². The highest BCUT2D eigenvalue weighted by molar-refractivity contribution is 6.31. The highest BCUT2D eigenvalue weighted by Crippen LogP contribution is 2.26. The number of aromatic nitrogens is 4. The average Bonchev–Trinajstić information content (AvgIpc) is 3.10. The van der Waals surface area contributed by atoms with Gasteiger partial charge in [-0.1, -0.05) is 35.3 Å². The van der Waals surface area contributed by atoms with E-state index >= 15 is 0 Å². The van der Waals surface area contributed by atoms with Gasteiger partial charge in [-0.15, -0.1) is 10.2 Å². The second-order valence-corrected chi connectivity index (χ2v) is 7.20. The molecule has 6 nitrogen and oxygen atoms in total. The smallest absolute Gasteiger partial charge is 0.278 e. The monoisotopic (exact) mass is 411 g/mol. The van der Waals surface area contributed by atoms with Crippen LogP contribution in [0, 0.1) is 13.8 Å². The Morgan fingerprint density at radius 1 is 1.04 bits per heavy atom. The number of benzene rings is 2. The minimum Gasteiger partial charge on any atom is -0.321 e. The zero-order valence-corrected chi connectivity index (χ0v) is 16.6. The van der Waals surface area contributed by atoms with Crippen molar-refractivity contribution < 1.29 is 4.79 Å². The summed E-state index contributed by atoms with van der Waals surface area (Å²) in [5.41, 5.74) is 4.60. The average molecular weight is 412 g/mol. The van der Waals surface area contributed by atoms with Gasteiger partial charge in [0.05, 0.1) is 11.9 Å². The number of carbonyl (C=O) groups is 1. The molecule has 0 atom stereocenters. The van der Waals surface area contributed by atoms with E-state index in [2.05, 4.69) is 20.6 Å². The fourth-order valence-corrected chi connectivity index (χ4v) is 3.15. The molecule has 0 aliphatic heterocycles. The number of hydrogen-bond donors (Lipinski definition) is 1. The van der Waals surface area contributed by atoms with Gasteiger partial charge in [-0.3, -0.25) is 4.79 Å². The van der Waals surface area contributed by atoms with E-state index in [0.29, 0.717) is 27.1 Å². The van der Waals surface area contributed by atoms with Gasteiger partial charge in [-0.2, -0.15) is 5.10 Å². The number of rotatable bonds is 3. The minimum atomic E-state index is -0.364. The van der Waals surface area contributed by atoms with Gasteiger partial charge in [0.2, 0.25) is 0 Å². The molecule has 0 aliphatic carbocycles. The molecule has 2 aromatic carbocycles. The number of anilines is 1. The molecule has 0 saturated carbocycles. The molecule has 0 spiro atoms. The summed E-state index contributed by atoms with van der Waals surface area (Å²) in [5.74, 6) is -0.364. The van der Waals surface area contributed by atoms with Gasteiger partial charge in [0.1, 0.15) is 0 Å². The number of fused-ring (bicyclic) bond motifs is 1. The highest BCUT2D eigenvalue weighted by atomic mass is 35.5. The Morgan fingerprint density at radius 3 is 2.50 bits per heavy atom. The second kappa shape index (κ2) is 7.22. The van der Waals surface area contributed by atoms with E-state index in [1.165, 1.54) is 0 Å². The Balaban J connectivity index is 1.69. The third kappa shape index (κ3) is 3.32. The number of amides is 1. The van der Waals surface area contributed by atoms with Crippen LogP contribution >= 0.6 is 23.2 Å². The maximum absolute atomic E-state index is 12.7.